The summed E-state index contributed by atoms with van der Waals surface area (Å²) in [5.74, 6) is -0.417. The highest BCUT2D eigenvalue weighted by atomic mass is 16.8. The van der Waals surface area contributed by atoms with Gasteiger partial charge >= 0.3 is 0 Å². The minimum atomic E-state index is -1.01. The molecular weight excluding hydrogens is 224 g/mol. The summed E-state index contributed by atoms with van der Waals surface area (Å²) in [5.41, 5.74) is -1.01. The molecule has 0 amide bonds. The van der Waals surface area contributed by atoms with Crippen molar-refractivity contribution in [3.8, 4) is 0 Å². The first-order valence-corrected chi connectivity index (χ1v) is 5.81. The van der Waals surface area contributed by atoms with Gasteiger partial charge in [0, 0.05) is 0 Å². The molecule has 2 aliphatic heterocycles. The summed E-state index contributed by atoms with van der Waals surface area (Å²) in [4.78, 5) is 0. The average molecular weight is 244 g/mol. The molecule has 0 aromatic rings. The van der Waals surface area contributed by atoms with Gasteiger partial charge in [-0.05, 0) is 27.7 Å². The fourth-order valence-electron chi connectivity index (χ4n) is 2.29. The van der Waals surface area contributed by atoms with Crippen LogP contribution in [0.15, 0.2) is 12.3 Å². The monoisotopic (exact) mass is 244 g/mol. The van der Waals surface area contributed by atoms with Crippen LogP contribution in [-0.2, 0) is 18.9 Å². The van der Waals surface area contributed by atoms with Crippen molar-refractivity contribution in [2.45, 2.75) is 57.6 Å². The van der Waals surface area contributed by atoms with Crippen LogP contribution in [0.5, 0.6) is 0 Å². The summed E-state index contributed by atoms with van der Waals surface area (Å²) < 4.78 is 22.6. The van der Waals surface area contributed by atoms with Crippen molar-refractivity contribution in [3.63, 3.8) is 0 Å². The van der Waals surface area contributed by atoms with Crippen LogP contribution in [0.4, 0.5) is 0 Å². The van der Waals surface area contributed by atoms with Gasteiger partial charge < -0.3 is 24.1 Å². The average Bonchev–Trinajstić information content (AvgIpc) is 2.59. The van der Waals surface area contributed by atoms with Gasteiger partial charge in [0.25, 0.3) is 0 Å². The van der Waals surface area contributed by atoms with Crippen LogP contribution >= 0.6 is 0 Å². The van der Waals surface area contributed by atoms with Crippen molar-refractivity contribution in [2.75, 3.05) is 6.61 Å². The van der Waals surface area contributed by atoms with Gasteiger partial charge in [-0.2, -0.15) is 0 Å². The van der Waals surface area contributed by atoms with E-state index in [0.29, 0.717) is 5.76 Å². The molecule has 5 nitrogen and oxygen atoms in total. The van der Waals surface area contributed by atoms with E-state index < -0.39 is 23.8 Å². The standard InChI is InChI=1S/C12H20O5/c1-7(2)14-10-9-12(6-13,8(3)15-10)17-11(4,5)16-9/h7,9-10,13H,3,6H2,1-2,4-5H3/t9-,10+,12+/m1/s1. The Kier molecular flexibility index (Phi) is 2.98. The van der Waals surface area contributed by atoms with Crippen molar-refractivity contribution in [1.82, 2.24) is 0 Å². The Balaban J connectivity index is 2.26. The molecule has 0 radical (unpaired) electrons. The molecule has 0 aromatic heterocycles. The molecule has 0 spiro atoms. The Labute approximate surface area is 101 Å². The Morgan fingerprint density at radius 2 is 2.12 bits per heavy atom. The third-order valence-corrected chi connectivity index (χ3v) is 2.92. The summed E-state index contributed by atoms with van der Waals surface area (Å²) >= 11 is 0. The number of rotatable bonds is 3. The van der Waals surface area contributed by atoms with Gasteiger partial charge in [-0.1, -0.05) is 6.58 Å². The summed E-state index contributed by atoms with van der Waals surface area (Å²) in [6.07, 6.45) is -1.08. The Bertz CT molecular complexity index is 325. The number of aliphatic hydroxyl groups excluding tert-OH is 1. The van der Waals surface area contributed by atoms with E-state index in [9.17, 15) is 5.11 Å². The third kappa shape index (κ3) is 1.97. The quantitative estimate of drug-likeness (QED) is 0.807. The molecule has 0 saturated carbocycles. The molecule has 0 unspecified atom stereocenters. The highest BCUT2D eigenvalue weighted by molar-refractivity contribution is 5.20. The lowest BCUT2D eigenvalue weighted by atomic mass is 9.98. The van der Waals surface area contributed by atoms with Crippen LogP contribution in [0.25, 0.3) is 0 Å². The predicted molar refractivity (Wildman–Crippen MR) is 60.1 cm³/mol. The van der Waals surface area contributed by atoms with E-state index in [0.717, 1.165) is 0 Å². The summed E-state index contributed by atoms with van der Waals surface area (Å²) in [7, 11) is 0. The topological polar surface area (TPSA) is 57.2 Å². The zero-order valence-electron chi connectivity index (χ0n) is 10.7. The molecule has 5 heteroatoms. The number of aliphatic hydroxyl groups is 1. The molecule has 3 atom stereocenters. The van der Waals surface area contributed by atoms with E-state index >= 15 is 0 Å². The minimum absolute atomic E-state index is 0.00500. The lowest BCUT2D eigenvalue weighted by molar-refractivity contribution is -0.220. The number of hydrogen-bond donors (Lipinski definition) is 1. The van der Waals surface area contributed by atoms with E-state index in [1.54, 1.807) is 13.8 Å². The molecule has 2 aliphatic rings. The van der Waals surface area contributed by atoms with Gasteiger partial charge in [-0.25, -0.2) is 0 Å². The summed E-state index contributed by atoms with van der Waals surface area (Å²) in [6.45, 7) is 11.0. The smallest absolute Gasteiger partial charge is 0.229 e. The van der Waals surface area contributed by atoms with Crippen LogP contribution in [0.2, 0.25) is 0 Å². The van der Waals surface area contributed by atoms with Gasteiger partial charge in [0.2, 0.25) is 6.29 Å². The van der Waals surface area contributed by atoms with Gasteiger partial charge in [0.05, 0.1) is 12.7 Å². The fraction of sp³-hybridized carbons (Fsp3) is 0.833. The van der Waals surface area contributed by atoms with Crippen LogP contribution in [0.1, 0.15) is 27.7 Å². The second-order valence-corrected chi connectivity index (χ2v) is 5.18. The Hall–Kier alpha value is -0.620. The predicted octanol–water partition coefficient (Wildman–Crippen LogP) is 1.16. The lowest BCUT2D eigenvalue weighted by Gasteiger charge is -2.25. The number of ether oxygens (including phenoxy) is 4. The van der Waals surface area contributed by atoms with Crippen LogP contribution in [0, 0.1) is 0 Å². The Morgan fingerprint density at radius 1 is 1.47 bits per heavy atom. The SMILES string of the molecule is C=C1O[C@H](OC(C)C)[C@H]2OC(C)(C)O[C@@]12CO. The maximum absolute atomic E-state index is 9.58. The fourth-order valence-corrected chi connectivity index (χ4v) is 2.29. The van der Waals surface area contributed by atoms with Crippen LogP contribution in [-0.4, -0.2) is 41.6 Å². The zero-order valence-corrected chi connectivity index (χ0v) is 10.7. The molecule has 2 saturated heterocycles. The van der Waals surface area contributed by atoms with Gasteiger partial charge in [0.15, 0.2) is 17.5 Å². The van der Waals surface area contributed by atoms with Crippen molar-refractivity contribution >= 4 is 0 Å². The first-order valence-electron chi connectivity index (χ1n) is 5.81. The molecule has 98 valence electrons. The molecule has 0 aromatic carbocycles. The number of fused-ring (bicyclic) bond motifs is 1. The zero-order chi connectivity index (χ0) is 12.8. The molecule has 17 heavy (non-hydrogen) atoms. The molecule has 2 heterocycles. The van der Waals surface area contributed by atoms with Crippen LogP contribution in [0.3, 0.4) is 0 Å². The van der Waals surface area contributed by atoms with Gasteiger partial charge in [-0.3, -0.25) is 0 Å². The molecule has 0 aliphatic carbocycles. The summed E-state index contributed by atoms with van der Waals surface area (Å²) in [5, 5.41) is 9.58. The molecular formula is C12H20O5. The van der Waals surface area contributed by atoms with E-state index in [-0.39, 0.29) is 12.7 Å². The van der Waals surface area contributed by atoms with Crippen LogP contribution < -0.4 is 0 Å². The van der Waals surface area contributed by atoms with Crippen molar-refractivity contribution in [2.24, 2.45) is 0 Å². The van der Waals surface area contributed by atoms with E-state index in [1.165, 1.54) is 0 Å². The maximum atomic E-state index is 9.58. The number of hydrogen-bond acceptors (Lipinski definition) is 5. The second kappa shape index (κ2) is 3.95. The minimum Gasteiger partial charge on any atom is -0.464 e. The molecule has 2 fully saturated rings. The lowest BCUT2D eigenvalue weighted by Crippen LogP contribution is -2.44. The van der Waals surface area contributed by atoms with Crippen molar-refractivity contribution in [1.29, 1.82) is 0 Å². The van der Waals surface area contributed by atoms with Gasteiger partial charge in [-0.15, -0.1) is 0 Å². The molecule has 1 N–H and O–H groups in total. The maximum Gasteiger partial charge on any atom is 0.229 e. The Morgan fingerprint density at radius 3 is 2.65 bits per heavy atom. The molecule has 0 bridgehead atoms. The highest BCUT2D eigenvalue weighted by Gasteiger charge is 2.64. The summed E-state index contributed by atoms with van der Waals surface area (Å²) in [6, 6.07) is 0. The highest BCUT2D eigenvalue weighted by Crippen LogP contribution is 2.48. The molecule has 2 rings (SSSR count). The van der Waals surface area contributed by atoms with Gasteiger partial charge in [0.1, 0.15) is 5.76 Å². The van der Waals surface area contributed by atoms with Crippen molar-refractivity contribution in [3.05, 3.63) is 12.3 Å². The largest absolute Gasteiger partial charge is 0.464 e. The van der Waals surface area contributed by atoms with E-state index in [1.807, 2.05) is 13.8 Å². The first-order chi connectivity index (χ1) is 7.81. The second-order valence-electron chi connectivity index (χ2n) is 5.18. The first kappa shape index (κ1) is 12.8. The van der Waals surface area contributed by atoms with Crippen molar-refractivity contribution < 1.29 is 24.1 Å². The van der Waals surface area contributed by atoms with E-state index in [2.05, 4.69) is 6.58 Å². The third-order valence-electron chi connectivity index (χ3n) is 2.92. The normalized spacial score (nSPS) is 39.5. The van der Waals surface area contributed by atoms with E-state index in [4.69, 9.17) is 18.9 Å².